The molecular weight excluding hydrogens is 454 g/mol. The molecule has 2 aliphatic rings. The molecule has 0 spiro atoms. The van der Waals surface area contributed by atoms with E-state index in [-0.39, 0.29) is 33.4 Å². The molecule has 2 aromatic rings. The van der Waals surface area contributed by atoms with Crippen LogP contribution in [0.2, 0.25) is 5.02 Å². The SMILES string of the molecule is CCC(C)Oc1cc2c(cc1Cl)-c1c(cc(C(=O)OC(C)C)c(=O)n1C1CC1)CS2(=O)=O. The number of ether oxygens (including phenoxy) is 2. The standard InChI is InChI=1S/C23H26ClNO6S/c1-5-13(4)31-19-10-20-16(9-18(19)24)21-14(11-32(20,28)29)8-17(23(27)30-12(2)3)22(26)25(21)15-6-7-15/h8-10,12-13,15H,5-7,11H2,1-4H3. The van der Waals surface area contributed by atoms with E-state index in [4.69, 9.17) is 21.1 Å². The topological polar surface area (TPSA) is 91.7 Å². The second kappa shape index (κ2) is 8.23. The largest absolute Gasteiger partial charge is 0.489 e. The molecule has 4 rings (SSSR count). The van der Waals surface area contributed by atoms with Gasteiger partial charge >= 0.3 is 5.97 Å². The van der Waals surface area contributed by atoms with Crippen molar-refractivity contribution in [3.63, 3.8) is 0 Å². The van der Waals surface area contributed by atoms with Gasteiger partial charge in [-0.3, -0.25) is 4.79 Å². The number of esters is 1. The van der Waals surface area contributed by atoms with Crippen LogP contribution in [0.25, 0.3) is 11.3 Å². The monoisotopic (exact) mass is 479 g/mol. The maximum Gasteiger partial charge on any atom is 0.344 e. The maximum atomic E-state index is 13.3. The highest BCUT2D eigenvalue weighted by atomic mass is 35.5. The van der Waals surface area contributed by atoms with E-state index in [1.807, 2.05) is 13.8 Å². The van der Waals surface area contributed by atoms with Crippen molar-refractivity contribution in [2.45, 2.75) is 75.9 Å². The van der Waals surface area contributed by atoms with Gasteiger partial charge < -0.3 is 14.0 Å². The van der Waals surface area contributed by atoms with Gasteiger partial charge in [-0.05, 0) is 57.7 Å². The van der Waals surface area contributed by atoms with Crippen molar-refractivity contribution in [1.29, 1.82) is 0 Å². The molecule has 32 heavy (non-hydrogen) atoms. The fraction of sp³-hybridized carbons (Fsp3) is 0.478. The van der Waals surface area contributed by atoms with Crippen molar-refractivity contribution in [1.82, 2.24) is 4.57 Å². The summed E-state index contributed by atoms with van der Waals surface area (Å²) >= 11 is 6.47. The molecule has 1 fully saturated rings. The van der Waals surface area contributed by atoms with Crippen LogP contribution in [0.3, 0.4) is 0 Å². The third-order valence-corrected chi connectivity index (χ3v) is 7.65. The summed E-state index contributed by atoms with van der Waals surface area (Å²) in [7, 11) is -3.74. The minimum atomic E-state index is -3.74. The number of sulfone groups is 1. The molecule has 2 heterocycles. The van der Waals surface area contributed by atoms with E-state index in [1.54, 1.807) is 24.5 Å². The van der Waals surface area contributed by atoms with Gasteiger partial charge in [0.15, 0.2) is 9.84 Å². The molecule has 0 amide bonds. The van der Waals surface area contributed by atoms with Crippen LogP contribution in [0.1, 0.15) is 68.9 Å². The van der Waals surface area contributed by atoms with E-state index >= 15 is 0 Å². The van der Waals surface area contributed by atoms with E-state index in [1.165, 1.54) is 12.1 Å². The lowest BCUT2D eigenvalue weighted by Gasteiger charge is -2.26. The number of halogens is 1. The summed E-state index contributed by atoms with van der Waals surface area (Å²) in [6, 6.07) is 4.27. The van der Waals surface area contributed by atoms with Gasteiger partial charge in [0, 0.05) is 17.7 Å². The van der Waals surface area contributed by atoms with Crippen LogP contribution in [-0.2, 0) is 20.3 Å². The molecule has 1 aromatic heterocycles. The summed E-state index contributed by atoms with van der Waals surface area (Å²) in [4.78, 5) is 26.0. The summed E-state index contributed by atoms with van der Waals surface area (Å²) in [6.07, 6.45) is 1.75. The molecule has 0 N–H and O–H groups in total. The van der Waals surface area contributed by atoms with Gasteiger partial charge in [-0.15, -0.1) is 0 Å². The molecule has 1 aliphatic heterocycles. The summed E-state index contributed by atoms with van der Waals surface area (Å²) in [5, 5.41) is 0.269. The van der Waals surface area contributed by atoms with Crippen LogP contribution in [-0.4, -0.2) is 31.2 Å². The van der Waals surface area contributed by atoms with Gasteiger partial charge in [0.1, 0.15) is 11.3 Å². The van der Waals surface area contributed by atoms with E-state index < -0.39 is 27.5 Å². The lowest BCUT2D eigenvalue weighted by Crippen LogP contribution is -2.32. The number of hydrogen-bond donors (Lipinski definition) is 0. The second-order valence-electron chi connectivity index (χ2n) is 8.67. The molecule has 172 valence electrons. The number of carbonyl (C=O) groups excluding carboxylic acids is 1. The van der Waals surface area contributed by atoms with Gasteiger partial charge in [-0.2, -0.15) is 0 Å². The van der Waals surface area contributed by atoms with Crippen molar-refractivity contribution in [3.8, 4) is 17.0 Å². The lowest BCUT2D eigenvalue weighted by molar-refractivity contribution is 0.0375. The average Bonchev–Trinajstić information content (AvgIpc) is 3.53. The fourth-order valence-corrected chi connectivity index (χ4v) is 5.63. The molecule has 9 heteroatoms. The zero-order valence-electron chi connectivity index (χ0n) is 18.5. The number of nitrogens with zero attached hydrogens (tertiary/aromatic N) is 1. The molecule has 1 aromatic carbocycles. The Morgan fingerprint density at radius 2 is 1.91 bits per heavy atom. The van der Waals surface area contributed by atoms with E-state index in [0.29, 0.717) is 22.6 Å². The number of hydrogen-bond acceptors (Lipinski definition) is 6. The summed E-state index contributed by atoms with van der Waals surface area (Å²) in [5.41, 5.74) is 0.635. The summed E-state index contributed by atoms with van der Waals surface area (Å²) < 4.78 is 39.0. The Balaban J connectivity index is 1.96. The van der Waals surface area contributed by atoms with Crippen LogP contribution < -0.4 is 10.3 Å². The zero-order chi connectivity index (χ0) is 23.4. The van der Waals surface area contributed by atoms with E-state index in [9.17, 15) is 18.0 Å². The third-order valence-electron chi connectivity index (χ3n) is 5.66. The van der Waals surface area contributed by atoms with Crippen molar-refractivity contribution < 1.29 is 22.7 Å². The molecule has 1 saturated carbocycles. The van der Waals surface area contributed by atoms with Crippen molar-refractivity contribution in [3.05, 3.63) is 44.7 Å². The molecule has 1 aliphatic carbocycles. The van der Waals surface area contributed by atoms with E-state index in [2.05, 4.69) is 0 Å². The van der Waals surface area contributed by atoms with Crippen LogP contribution in [0, 0.1) is 0 Å². The van der Waals surface area contributed by atoms with Gasteiger partial charge in [0.05, 0.1) is 33.6 Å². The Morgan fingerprint density at radius 1 is 1.22 bits per heavy atom. The van der Waals surface area contributed by atoms with Crippen molar-refractivity contribution >= 4 is 27.4 Å². The predicted octanol–water partition coefficient (Wildman–Crippen LogP) is 4.53. The van der Waals surface area contributed by atoms with Crippen LogP contribution in [0.15, 0.2) is 27.9 Å². The highest BCUT2D eigenvalue weighted by Gasteiger charge is 2.38. The normalized spacial score (nSPS) is 17.4. The number of pyridine rings is 1. The first-order valence-corrected chi connectivity index (χ1v) is 12.8. The molecule has 7 nitrogen and oxygen atoms in total. The Hall–Kier alpha value is -2.32. The quantitative estimate of drug-likeness (QED) is 0.565. The lowest BCUT2D eigenvalue weighted by atomic mass is 10.0. The average molecular weight is 480 g/mol. The molecular formula is C23H26ClNO6S. The number of carbonyl (C=O) groups is 1. The highest BCUT2D eigenvalue weighted by Crippen LogP contribution is 2.46. The maximum absolute atomic E-state index is 13.3. The Morgan fingerprint density at radius 3 is 2.50 bits per heavy atom. The van der Waals surface area contributed by atoms with Gasteiger partial charge in [0.2, 0.25) is 0 Å². The van der Waals surface area contributed by atoms with Gasteiger partial charge in [-0.1, -0.05) is 18.5 Å². The third kappa shape index (κ3) is 4.06. The fourth-order valence-electron chi connectivity index (χ4n) is 3.86. The highest BCUT2D eigenvalue weighted by molar-refractivity contribution is 7.90. The number of aromatic nitrogens is 1. The Kier molecular flexibility index (Phi) is 5.88. The molecule has 0 saturated heterocycles. The molecule has 0 bridgehead atoms. The van der Waals surface area contributed by atoms with E-state index in [0.717, 1.165) is 19.3 Å². The molecule has 1 unspecified atom stereocenters. The smallest absolute Gasteiger partial charge is 0.344 e. The van der Waals surface area contributed by atoms with Crippen LogP contribution in [0.5, 0.6) is 5.75 Å². The van der Waals surface area contributed by atoms with Crippen molar-refractivity contribution in [2.24, 2.45) is 0 Å². The van der Waals surface area contributed by atoms with Crippen LogP contribution >= 0.6 is 11.6 Å². The summed E-state index contributed by atoms with van der Waals surface area (Å²) in [6.45, 7) is 7.22. The van der Waals surface area contributed by atoms with Crippen LogP contribution in [0.4, 0.5) is 0 Å². The predicted molar refractivity (Wildman–Crippen MR) is 121 cm³/mol. The summed E-state index contributed by atoms with van der Waals surface area (Å²) in [5.74, 6) is -0.778. The van der Waals surface area contributed by atoms with Gasteiger partial charge in [0.25, 0.3) is 5.56 Å². The number of fused-ring (bicyclic) bond motifs is 3. The Labute approximate surface area is 192 Å². The first-order valence-electron chi connectivity index (χ1n) is 10.8. The van der Waals surface area contributed by atoms with Crippen molar-refractivity contribution in [2.75, 3.05) is 0 Å². The minimum absolute atomic E-state index is 0.0824. The molecule has 0 radical (unpaired) electrons. The number of rotatable bonds is 6. The zero-order valence-corrected chi connectivity index (χ0v) is 20.0. The first-order chi connectivity index (χ1) is 15.0. The first kappa shape index (κ1) is 22.9. The van der Waals surface area contributed by atoms with Gasteiger partial charge in [-0.25, -0.2) is 13.2 Å². The number of benzene rings is 1. The second-order valence-corrected chi connectivity index (χ2v) is 11.0. The molecule has 1 atom stereocenters. The Bertz CT molecular complexity index is 1260. The minimum Gasteiger partial charge on any atom is -0.489 e.